The van der Waals surface area contributed by atoms with E-state index in [9.17, 15) is 14.8 Å². The molecule has 0 aromatic carbocycles. The topological polar surface area (TPSA) is 89.5 Å². The van der Waals surface area contributed by atoms with Gasteiger partial charge in [0, 0.05) is 23.0 Å². The van der Waals surface area contributed by atoms with E-state index in [4.69, 9.17) is 5.11 Å². The van der Waals surface area contributed by atoms with E-state index in [2.05, 4.69) is 5.32 Å². The van der Waals surface area contributed by atoms with Crippen molar-refractivity contribution in [1.29, 1.82) is 0 Å². The maximum atomic E-state index is 12.6. The maximum absolute atomic E-state index is 12.6. The lowest BCUT2D eigenvalue weighted by atomic mass is 9.74. The first-order valence-electron chi connectivity index (χ1n) is 8.53. The number of hydroxylamine groups is 2. The fourth-order valence-electron chi connectivity index (χ4n) is 4.31. The number of nitrogens with one attached hydrogen (secondary N) is 1. The molecule has 1 aliphatic heterocycles. The number of rotatable bonds is 3. The number of hydrogen-bond acceptors (Lipinski definition) is 3. The summed E-state index contributed by atoms with van der Waals surface area (Å²) in [7, 11) is 0. The Morgan fingerprint density at radius 1 is 1.04 bits per heavy atom. The van der Waals surface area contributed by atoms with Gasteiger partial charge in [-0.3, -0.25) is 9.59 Å². The van der Waals surface area contributed by atoms with Crippen molar-refractivity contribution in [3.8, 4) is 0 Å². The lowest BCUT2D eigenvalue weighted by Gasteiger charge is -2.49. The van der Waals surface area contributed by atoms with Crippen molar-refractivity contribution in [1.82, 2.24) is 10.4 Å². The number of piperidine rings is 1. The fraction of sp³-hybridized carbons (Fsp3) is 0.882. The maximum Gasteiger partial charge on any atom is 0.306 e. The Kier molecular flexibility index (Phi) is 5.06. The molecule has 1 saturated carbocycles. The van der Waals surface area contributed by atoms with E-state index in [1.165, 1.54) is 0 Å². The lowest BCUT2D eigenvalue weighted by molar-refractivity contribution is -0.292. The van der Waals surface area contributed by atoms with Crippen molar-refractivity contribution in [2.45, 2.75) is 83.3 Å². The van der Waals surface area contributed by atoms with Crippen LogP contribution < -0.4 is 5.32 Å². The number of carboxylic acids is 1. The van der Waals surface area contributed by atoms with Crippen molar-refractivity contribution in [2.24, 2.45) is 11.8 Å². The van der Waals surface area contributed by atoms with Gasteiger partial charge < -0.3 is 10.4 Å². The number of carbonyl (C=O) groups excluding carboxylic acids is 1. The van der Waals surface area contributed by atoms with E-state index in [1.54, 1.807) is 0 Å². The molecule has 1 amide bonds. The van der Waals surface area contributed by atoms with Gasteiger partial charge in [-0.2, -0.15) is 0 Å². The summed E-state index contributed by atoms with van der Waals surface area (Å²) in [4.78, 5) is 23.8. The van der Waals surface area contributed by atoms with E-state index in [-0.39, 0.29) is 23.8 Å². The molecule has 1 radical (unpaired) electrons. The zero-order valence-electron chi connectivity index (χ0n) is 14.6. The molecule has 0 aromatic rings. The number of hydrogen-bond donors (Lipinski definition) is 2. The summed E-state index contributed by atoms with van der Waals surface area (Å²) in [5, 5.41) is 25.7. The highest BCUT2D eigenvalue weighted by Gasteiger charge is 2.48. The van der Waals surface area contributed by atoms with Gasteiger partial charge in [0.25, 0.3) is 0 Å². The Hall–Kier alpha value is -1.14. The minimum atomic E-state index is -0.772. The summed E-state index contributed by atoms with van der Waals surface area (Å²) in [6, 6.07) is -0.0612. The van der Waals surface area contributed by atoms with Crippen LogP contribution in [0.25, 0.3) is 0 Å². The SMILES string of the molecule is CC1(C)CC(C(=O)NC2CCCC(C(=O)O)C2)CC(C)(C)N1[O]. The third kappa shape index (κ3) is 4.04. The Morgan fingerprint density at radius 3 is 2.13 bits per heavy atom. The number of carbonyl (C=O) groups is 2. The molecule has 1 aliphatic carbocycles. The standard InChI is InChI=1S/C17H29N2O4/c1-16(2)9-12(10-17(3,4)19(16)23)14(20)18-13-7-5-6-11(8-13)15(21)22/h11-13H,5-10H2,1-4H3,(H,18,20)(H,21,22). The zero-order valence-corrected chi connectivity index (χ0v) is 14.6. The first kappa shape index (κ1) is 18.2. The predicted octanol–water partition coefficient (Wildman–Crippen LogP) is 2.36. The molecule has 2 N–H and O–H groups in total. The van der Waals surface area contributed by atoms with Crippen molar-refractivity contribution < 1.29 is 19.9 Å². The molecule has 2 rings (SSSR count). The molecule has 0 bridgehead atoms. The summed E-state index contributed by atoms with van der Waals surface area (Å²) >= 11 is 0. The number of amides is 1. The van der Waals surface area contributed by atoms with Crippen LogP contribution in [0.15, 0.2) is 0 Å². The minimum Gasteiger partial charge on any atom is -0.481 e. The van der Waals surface area contributed by atoms with Crippen molar-refractivity contribution in [3.05, 3.63) is 0 Å². The van der Waals surface area contributed by atoms with Gasteiger partial charge in [-0.15, -0.1) is 10.3 Å². The Labute approximate surface area is 138 Å². The Balaban J connectivity index is 1.99. The van der Waals surface area contributed by atoms with Gasteiger partial charge in [-0.25, -0.2) is 0 Å². The van der Waals surface area contributed by atoms with Crippen LogP contribution in [0, 0.1) is 11.8 Å². The molecule has 0 spiro atoms. The highest BCUT2D eigenvalue weighted by Crippen LogP contribution is 2.40. The van der Waals surface area contributed by atoms with E-state index in [1.807, 2.05) is 27.7 Å². The molecule has 2 fully saturated rings. The first-order chi connectivity index (χ1) is 10.5. The molecule has 6 nitrogen and oxygen atoms in total. The van der Waals surface area contributed by atoms with Crippen LogP contribution in [0.4, 0.5) is 0 Å². The van der Waals surface area contributed by atoms with Crippen LogP contribution in [0.5, 0.6) is 0 Å². The average Bonchev–Trinajstić information content (AvgIpc) is 2.44. The first-order valence-corrected chi connectivity index (χ1v) is 8.53. The van der Waals surface area contributed by atoms with E-state index < -0.39 is 17.0 Å². The minimum absolute atomic E-state index is 0.0321. The van der Waals surface area contributed by atoms with Gasteiger partial charge in [-0.05, 0) is 59.8 Å². The van der Waals surface area contributed by atoms with Gasteiger partial charge >= 0.3 is 5.97 Å². The average molecular weight is 325 g/mol. The zero-order chi connectivity index (χ0) is 17.4. The summed E-state index contributed by atoms with van der Waals surface area (Å²) < 4.78 is 0. The van der Waals surface area contributed by atoms with Crippen LogP contribution in [-0.4, -0.2) is 39.2 Å². The van der Waals surface area contributed by atoms with E-state index >= 15 is 0 Å². The molecular weight excluding hydrogens is 296 g/mol. The summed E-state index contributed by atoms with van der Waals surface area (Å²) in [5.74, 6) is -1.36. The van der Waals surface area contributed by atoms with Crippen LogP contribution >= 0.6 is 0 Å². The summed E-state index contributed by atoms with van der Waals surface area (Å²) in [6.07, 6.45) is 3.92. The van der Waals surface area contributed by atoms with E-state index in [0.29, 0.717) is 25.7 Å². The molecule has 1 saturated heterocycles. The van der Waals surface area contributed by atoms with Crippen molar-refractivity contribution in [3.63, 3.8) is 0 Å². The highest BCUT2D eigenvalue weighted by molar-refractivity contribution is 5.79. The molecular formula is C17H29N2O4. The third-order valence-electron chi connectivity index (χ3n) is 5.33. The van der Waals surface area contributed by atoms with Crippen LogP contribution in [0.1, 0.15) is 66.2 Å². The second-order valence-corrected chi connectivity index (χ2v) is 8.43. The van der Waals surface area contributed by atoms with Gasteiger partial charge in [0.05, 0.1) is 5.92 Å². The predicted molar refractivity (Wildman–Crippen MR) is 84.9 cm³/mol. The molecule has 2 aliphatic rings. The largest absolute Gasteiger partial charge is 0.481 e. The summed E-state index contributed by atoms with van der Waals surface area (Å²) in [5.41, 5.74) is -1.14. The smallest absolute Gasteiger partial charge is 0.306 e. The second kappa shape index (κ2) is 6.40. The molecule has 1 heterocycles. The van der Waals surface area contributed by atoms with Gasteiger partial charge in [-0.1, -0.05) is 6.42 Å². The Bertz CT molecular complexity index is 457. The third-order valence-corrected chi connectivity index (χ3v) is 5.33. The van der Waals surface area contributed by atoms with E-state index in [0.717, 1.165) is 17.9 Å². The second-order valence-electron chi connectivity index (χ2n) is 8.43. The molecule has 6 heteroatoms. The van der Waals surface area contributed by atoms with Crippen molar-refractivity contribution in [2.75, 3.05) is 0 Å². The molecule has 2 atom stereocenters. The molecule has 131 valence electrons. The normalized spacial score (nSPS) is 31.5. The van der Waals surface area contributed by atoms with Gasteiger partial charge in [0.2, 0.25) is 5.91 Å². The van der Waals surface area contributed by atoms with Gasteiger partial charge in [0.1, 0.15) is 0 Å². The summed E-state index contributed by atoms with van der Waals surface area (Å²) in [6.45, 7) is 7.51. The quantitative estimate of drug-likeness (QED) is 0.833. The highest BCUT2D eigenvalue weighted by atomic mass is 16.5. The fourth-order valence-corrected chi connectivity index (χ4v) is 4.31. The van der Waals surface area contributed by atoms with Crippen LogP contribution in [-0.2, 0) is 14.8 Å². The molecule has 0 aromatic heterocycles. The van der Waals surface area contributed by atoms with Crippen LogP contribution in [0.3, 0.4) is 0 Å². The Morgan fingerprint density at radius 2 is 1.61 bits per heavy atom. The number of carboxylic acid groups (broad SMARTS) is 1. The monoisotopic (exact) mass is 325 g/mol. The molecule has 2 unspecified atom stereocenters. The number of nitrogens with zero attached hydrogens (tertiary/aromatic N) is 1. The number of aliphatic carboxylic acids is 1. The van der Waals surface area contributed by atoms with Crippen molar-refractivity contribution >= 4 is 11.9 Å². The molecule has 23 heavy (non-hydrogen) atoms. The van der Waals surface area contributed by atoms with Gasteiger partial charge in [0.15, 0.2) is 0 Å². The van der Waals surface area contributed by atoms with Crippen LogP contribution in [0.2, 0.25) is 0 Å². The lowest BCUT2D eigenvalue weighted by Crippen LogP contribution is -2.60.